The third-order valence-corrected chi connectivity index (χ3v) is 4.93. The number of aliphatic hydroxyl groups is 1. The maximum atomic E-state index is 11.7. The van der Waals surface area contributed by atoms with Crippen molar-refractivity contribution in [3.05, 3.63) is 35.4 Å². The van der Waals surface area contributed by atoms with Gasteiger partial charge in [0.1, 0.15) is 0 Å². The highest BCUT2D eigenvalue weighted by Gasteiger charge is 2.15. The van der Waals surface area contributed by atoms with Crippen LogP contribution in [0.2, 0.25) is 0 Å². The van der Waals surface area contributed by atoms with E-state index in [0.717, 1.165) is 76.5 Å². The number of nitrogens with zero attached hydrogens (tertiary/aromatic N) is 2. The first kappa shape index (κ1) is 22.2. The second kappa shape index (κ2) is 12.4. The van der Waals surface area contributed by atoms with E-state index in [4.69, 9.17) is 0 Å². The summed E-state index contributed by atoms with van der Waals surface area (Å²) in [5.74, 6) is 0.770. The fourth-order valence-electron chi connectivity index (χ4n) is 3.31. The van der Waals surface area contributed by atoms with Crippen molar-refractivity contribution in [3.8, 4) is 0 Å². The molecule has 0 bridgehead atoms. The van der Waals surface area contributed by atoms with E-state index in [1.807, 2.05) is 24.3 Å². The number of rotatable bonds is 9. The molecule has 1 aromatic rings. The predicted octanol–water partition coefficient (Wildman–Crippen LogP) is 0.991. The summed E-state index contributed by atoms with van der Waals surface area (Å²) in [7, 11) is 1.64. The summed E-state index contributed by atoms with van der Waals surface area (Å²) in [6.07, 6.45) is 3.49. The molecule has 28 heavy (non-hydrogen) atoms. The first-order valence-electron chi connectivity index (χ1n) is 10.4. The summed E-state index contributed by atoms with van der Waals surface area (Å²) in [6.45, 7) is 7.41. The van der Waals surface area contributed by atoms with Gasteiger partial charge in [-0.15, -0.1) is 0 Å². The van der Waals surface area contributed by atoms with Crippen LogP contribution >= 0.6 is 0 Å². The summed E-state index contributed by atoms with van der Waals surface area (Å²) >= 11 is 0. The van der Waals surface area contributed by atoms with Gasteiger partial charge in [-0.05, 0) is 56.8 Å². The van der Waals surface area contributed by atoms with Gasteiger partial charge in [-0.2, -0.15) is 0 Å². The normalized spacial score (nSPS) is 16.0. The summed E-state index contributed by atoms with van der Waals surface area (Å²) < 4.78 is 0. The number of hydrogen-bond acceptors (Lipinski definition) is 4. The molecule has 1 saturated heterocycles. The van der Waals surface area contributed by atoms with Crippen LogP contribution in [0.1, 0.15) is 42.1 Å². The largest absolute Gasteiger partial charge is 0.393 e. The number of carbonyl (C=O) groups is 1. The molecule has 1 aliphatic heterocycles. The van der Waals surface area contributed by atoms with Crippen molar-refractivity contribution in [2.45, 2.75) is 38.7 Å². The number of nitrogens with one attached hydrogen (secondary N) is 3. The number of hydrogen-bond donors (Lipinski definition) is 4. The lowest BCUT2D eigenvalue weighted by Crippen LogP contribution is -2.39. The third kappa shape index (κ3) is 7.86. The molecular formula is C21H35N5O2. The highest BCUT2D eigenvalue weighted by molar-refractivity contribution is 5.94. The van der Waals surface area contributed by atoms with Gasteiger partial charge in [0.25, 0.3) is 5.91 Å². The van der Waals surface area contributed by atoms with Crippen molar-refractivity contribution < 1.29 is 9.90 Å². The number of amides is 1. The van der Waals surface area contributed by atoms with Crippen LogP contribution in [0.25, 0.3) is 0 Å². The van der Waals surface area contributed by atoms with Crippen LogP contribution < -0.4 is 16.0 Å². The molecular weight excluding hydrogens is 354 g/mol. The lowest BCUT2D eigenvalue weighted by Gasteiger charge is -2.29. The summed E-state index contributed by atoms with van der Waals surface area (Å²) in [4.78, 5) is 18.8. The Kier molecular flexibility index (Phi) is 9.79. The molecule has 2 rings (SSSR count). The monoisotopic (exact) mass is 389 g/mol. The fraction of sp³-hybridized carbons (Fsp3) is 0.619. The smallest absolute Gasteiger partial charge is 0.251 e. The molecule has 1 fully saturated rings. The standard InChI is InChI=1S/C21H35N5O2/c1-3-23-21(24-11-5-13-26-14-9-19(27)10-15-26)25-12-8-17-6-4-7-18(16-17)20(28)22-2/h4,6-7,16,19,27H,3,5,8-15H2,1-2H3,(H,22,28)(H2,23,24,25). The third-order valence-electron chi connectivity index (χ3n) is 4.93. The molecule has 0 saturated carbocycles. The number of carbonyl (C=O) groups excluding carboxylic acids is 1. The molecule has 7 heteroatoms. The van der Waals surface area contributed by atoms with Gasteiger partial charge >= 0.3 is 0 Å². The van der Waals surface area contributed by atoms with Gasteiger partial charge in [0.2, 0.25) is 0 Å². The van der Waals surface area contributed by atoms with Gasteiger partial charge in [0.05, 0.1) is 6.10 Å². The van der Waals surface area contributed by atoms with E-state index in [-0.39, 0.29) is 12.0 Å². The Morgan fingerprint density at radius 3 is 2.79 bits per heavy atom. The topological polar surface area (TPSA) is 89.0 Å². The Morgan fingerprint density at radius 2 is 2.07 bits per heavy atom. The van der Waals surface area contributed by atoms with Gasteiger partial charge in [-0.3, -0.25) is 9.79 Å². The summed E-state index contributed by atoms with van der Waals surface area (Å²) in [5, 5.41) is 18.9. The average molecular weight is 390 g/mol. The maximum absolute atomic E-state index is 11.7. The van der Waals surface area contributed by atoms with Crippen LogP contribution in [0.15, 0.2) is 29.3 Å². The molecule has 0 aromatic heterocycles. The number of aliphatic hydroxyl groups excluding tert-OH is 1. The molecule has 4 N–H and O–H groups in total. The minimum Gasteiger partial charge on any atom is -0.393 e. The van der Waals surface area contributed by atoms with E-state index >= 15 is 0 Å². The van der Waals surface area contributed by atoms with E-state index in [2.05, 4.69) is 32.8 Å². The number of benzene rings is 1. The number of aliphatic imine (C=N–C) groups is 1. The molecule has 1 heterocycles. The molecule has 0 radical (unpaired) electrons. The molecule has 0 spiro atoms. The lowest BCUT2D eigenvalue weighted by atomic mass is 10.1. The predicted molar refractivity (Wildman–Crippen MR) is 114 cm³/mol. The Balaban J connectivity index is 1.73. The quantitative estimate of drug-likeness (QED) is 0.287. The Labute approximate surface area is 168 Å². The molecule has 0 aliphatic carbocycles. The van der Waals surface area contributed by atoms with Crippen LogP contribution in [0.5, 0.6) is 0 Å². The van der Waals surface area contributed by atoms with Crippen LogP contribution in [0, 0.1) is 0 Å². The molecule has 156 valence electrons. The SMILES string of the molecule is CCNC(=NCCCN1CCC(O)CC1)NCCc1cccc(C(=O)NC)c1. The van der Waals surface area contributed by atoms with Gasteiger partial charge in [-0.1, -0.05) is 12.1 Å². The zero-order chi connectivity index (χ0) is 20.2. The Hall–Kier alpha value is -2.12. The maximum Gasteiger partial charge on any atom is 0.251 e. The van der Waals surface area contributed by atoms with Crippen LogP contribution in [-0.2, 0) is 6.42 Å². The van der Waals surface area contributed by atoms with E-state index in [1.54, 1.807) is 7.05 Å². The number of guanidine groups is 1. The number of piperidine rings is 1. The van der Waals surface area contributed by atoms with Crippen LogP contribution in [-0.4, -0.2) is 74.3 Å². The van der Waals surface area contributed by atoms with Crippen molar-refractivity contribution in [3.63, 3.8) is 0 Å². The van der Waals surface area contributed by atoms with Crippen molar-refractivity contribution in [2.24, 2.45) is 4.99 Å². The minimum atomic E-state index is -0.115. The molecule has 0 atom stereocenters. The van der Waals surface area contributed by atoms with Crippen LogP contribution in [0.3, 0.4) is 0 Å². The highest BCUT2D eigenvalue weighted by atomic mass is 16.3. The summed E-state index contributed by atoms with van der Waals surface area (Å²) in [5.41, 5.74) is 1.81. The lowest BCUT2D eigenvalue weighted by molar-refractivity contribution is 0.0824. The van der Waals surface area contributed by atoms with Crippen molar-refractivity contribution in [1.82, 2.24) is 20.9 Å². The van der Waals surface area contributed by atoms with Crippen molar-refractivity contribution in [2.75, 3.05) is 46.3 Å². The fourth-order valence-corrected chi connectivity index (χ4v) is 3.31. The van der Waals surface area contributed by atoms with Crippen molar-refractivity contribution in [1.29, 1.82) is 0 Å². The first-order valence-corrected chi connectivity index (χ1v) is 10.4. The van der Waals surface area contributed by atoms with Gasteiger partial charge in [-0.25, -0.2) is 0 Å². The molecule has 7 nitrogen and oxygen atoms in total. The van der Waals surface area contributed by atoms with Gasteiger partial charge < -0.3 is 26.0 Å². The van der Waals surface area contributed by atoms with Crippen LogP contribution in [0.4, 0.5) is 0 Å². The van der Waals surface area contributed by atoms with E-state index in [9.17, 15) is 9.90 Å². The van der Waals surface area contributed by atoms with E-state index in [1.165, 1.54) is 0 Å². The van der Waals surface area contributed by atoms with E-state index in [0.29, 0.717) is 5.56 Å². The van der Waals surface area contributed by atoms with Crippen molar-refractivity contribution >= 4 is 11.9 Å². The second-order valence-electron chi connectivity index (χ2n) is 7.14. The first-order chi connectivity index (χ1) is 13.6. The zero-order valence-electron chi connectivity index (χ0n) is 17.2. The summed E-state index contributed by atoms with van der Waals surface area (Å²) in [6, 6.07) is 7.71. The van der Waals surface area contributed by atoms with Gasteiger partial charge in [0.15, 0.2) is 5.96 Å². The minimum absolute atomic E-state index is 0.0621. The van der Waals surface area contributed by atoms with Gasteiger partial charge in [0, 0.05) is 45.3 Å². The average Bonchev–Trinajstić information content (AvgIpc) is 2.72. The molecule has 1 aromatic carbocycles. The molecule has 1 aliphatic rings. The Bertz CT molecular complexity index is 627. The second-order valence-corrected chi connectivity index (χ2v) is 7.14. The number of likely N-dealkylation sites (tertiary alicyclic amines) is 1. The molecule has 1 amide bonds. The van der Waals surface area contributed by atoms with E-state index < -0.39 is 0 Å². The Morgan fingerprint density at radius 1 is 1.29 bits per heavy atom. The zero-order valence-corrected chi connectivity index (χ0v) is 17.2. The highest BCUT2D eigenvalue weighted by Crippen LogP contribution is 2.10. The molecule has 0 unspecified atom stereocenters.